The van der Waals surface area contributed by atoms with Gasteiger partial charge in [0.1, 0.15) is 11.9 Å². The summed E-state index contributed by atoms with van der Waals surface area (Å²) in [5.74, 6) is 0.0557. The minimum absolute atomic E-state index is 0.110. The molecule has 2 N–H and O–H groups in total. The molecule has 1 aliphatic heterocycles. The number of Topliss-reactive ketones (excluding diaryl/α,β-unsaturated/α-hetero) is 1. The van der Waals surface area contributed by atoms with E-state index in [4.69, 9.17) is 0 Å². The first-order valence-electron chi connectivity index (χ1n) is 10.9. The summed E-state index contributed by atoms with van der Waals surface area (Å²) in [5.41, 5.74) is 6.11. The number of fused-ring (bicyclic) bond motifs is 1. The molecule has 4 aromatic rings. The van der Waals surface area contributed by atoms with Crippen LogP contribution in [-0.4, -0.2) is 28.9 Å². The van der Waals surface area contributed by atoms with Gasteiger partial charge >= 0.3 is 0 Å². The maximum absolute atomic E-state index is 12.7. The third-order valence-electron chi connectivity index (χ3n) is 6.01. The van der Waals surface area contributed by atoms with Crippen molar-refractivity contribution >= 4 is 17.4 Å². The molecule has 0 radical (unpaired) electrons. The van der Waals surface area contributed by atoms with Gasteiger partial charge in [-0.1, -0.05) is 60.7 Å². The maximum Gasteiger partial charge on any atom is 0.255 e. The molecule has 1 aliphatic rings. The highest BCUT2D eigenvalue weighted by Gasteiger charge is 2.31. The molecule has 33 heavy (non-hydrogen) atoms. The lowest BCUT2D eigenvalue weighted by Crippen LogP contribution is -2.44. The molecular formula is C27H24N4O2. The normalized spacial score (nSPS) is 15.1. The molecule has 0 saturated heterocycles. The monoisotopic (exact) mass is 436 g/mol. The summed E-state index contributed by atoms with van der Waals surface area (Å²) in [6, 6.07) is 25.3. The molecule has 0 fully saturated rings. The van der Waals surface area contributed by atoms with Crippen LogP contribution in [-0.2, 0) is 17.6 Å². The number of carbonyl (C=O) groups excluding carboxylic acids is 2. The maximum atomic E-state index is 12.7. The van der Waals surface area contributed by atoms with Crippen molar-refractivity contribution in [2.24, 2.45) is 0 Å². The molecular weight excluding hydrogens is 412 g/mol. The molecule has 5 rings (SSSR count). The van der Waals surface area contributed by atoms with E-state index in [1.165, 1.54) is 0 Å². The first kappa shape index (κ1) is 20.7. The Hall–Kier alpha value is -4.19. The molecule has 1 unspecified atom stereocenters. The van der Waals surface area contributed by atoms with Crippen molar-refractivity contribution in [3.63, 3.8) is 0 Å². The van der Waals surface area contributed by atoms with Crippen LogP contribution in [0.4, 0.5) is 5.69 Å². The van der Waals surface area contributed by atoms with Gasteiger partial charge in [-0.15, -0.1) is 0 Å². The Morgan fingerprint density at radius 1 is 0.939 bits per heavy atom. The number of hydrogen-bond acceptors (Lipinski definition) is 4. The van der Waals surface area contributed by atoms with E-state index in [9.17, 15) is 9.59 Å². The fraction of sp³-hybridized carbons (Fsp3) is 0.148. The molecule has 164 valence electrons. The predicted molar refractivity (Wildman–Crippen MR) is 128 cm³/mol. The van der Waals surface area contributed by atoms with Gasteiger partial charge in [-0.25, -0.2) is 0 Å². The number of rotatable bonds is 6. The van der Waals surface area contributed by atoms with Crippen LogP contribution in [0.5, 0.6) is 0 Å². The zero-order valence-electron chi connectivity index (χ0n) is 18.3. The van der Waals surface area contributed by atoms with Crippen LogP contribution in [0, 0.1) is 0 Å². The number of H-pyrrole nitrogens is 1. The van der Waals surface area contributed by atoms with E-state index >= 15 is 0 Å². The molecule has 1 amide bonds. The third kappa shape index (κ3) is 4.15. The molecule has 1 aromatic heterocycles. The van der Waals surface area contributed by atoms with Crippen LogP contribution >= 0.6 is 0 Å². The van der Waals surface area contributed by atoms with E-state index in [2.05, 4.69) is 15.5 Å². The number of amides is 1. The molecule has 3 aromatic carbocycles. The predicted octanol–water partition coefficient (Wildman–Crippen LogP) is 4.31. The largest absolute Gasteiger partial charge is 0.350 e. The summed E-state index contributed by atoms with van der Waals surface area (Å²) in [7, 11) is 1.96. The van der Waals surface area contributed by atoms with Crippen molar-refractivity contribution in [2.75, 3.05) is 11.9 Å². The number of benzene rings is 3. The second-order valence-electron chi connectivity index (χ2n) is 8.28. The molecule has 0 saturated carbocycles. The van der Waals surface area contributed by atoms with E-state index < -0.39 is 0 Å². The van der Waals surface area contributed by atoms with Crippen molar-refractivity contribution in [2.45, 2.75) is 19.0 Å². The Morgan fingerprint density at radius 2 is 1.67 bits per heavy atom. The zero-order valence-corrected chi connectivity index (χ0v) is 18.3. The number of ketones is 1. The lowest BCUT2D eigenvalue weighted by molar-refractivity contribution is -0.117. The number of anilines is 1. The second kappa shape index (κ2) is 8.74. The quantitative estimate of drug-likeness (QED) is 0.472. The Kier molecular flexibility index (Phi) is 5.48. The second-order valence-corrected chi connectivity index (χ2v) is 8.28. The number of carbonyl (C=O) groups is 2. The molecule has 6 nitrogen and oxygen atoms in total. The Bertz CT molecular complexity index is 1310. The highest BCUT2D eigenvalue weighted by molar-refractivity contribution is 6.02. The van der Waals surface area contributed by atoms with Crippen LogP contribution in [0.25, 0.3) is 11.3 Å². The van der Waals surface area contributed by atoms with E-state index in [1.54, 1.807) is 6.20 Å². The summed E-state index contributed by atoms with van der Waals surface area (Å²) in [6.45, 7) is 0. The molecule has 0 aliphatic carbocycles. The minimum atomic E-state index is -0.357. The summed E-state index contributed by atoms with van der Waals surface area (Å²) < 4.78 is 0. The van der Waals surface area contributed by atoms with Gasteiger partial charge < -0.3 is 10.2 Å². The lowest BCUT2D eigenvalue weighted by Gasteiger charge is -2.36. The Labute approximate surface area is 192 Å². The number of nitrogens with zero attached hydrogens (tertiary/aromatic N) is 2. The average Bonchev–Trinajstić information content (AvgIpc) is 3.32. The van der Waals surface area contributed by atoms with E-state index in [-0.39, 0.29) is 17.9 Å². The fourth-order valence-electron chi connectivity index (χ4n) is 4.38. The first-order chi connectivity index (χ1) is 16.1. The van der Waals surface area contributed by atoms with Crippen molar-refractivity contribution < 1.29 is 9.59 Å². The standard InChI is InChI=1S/C27H24N4O2/c1-31-24-13-6-5-12-22(24)27(33)29-26(31)23-17-28-30-25(23)20-11-7-10-19(14-20)16-21(32)15-18-8-3-2-4-9-18/h2-14,17,26H,15-16H2,1H3,(H,28,30)(H,29,33). The van der Waals surface area contributed by atoms with Gasteiger partial charge in [0.15, 0.2) is 0 Å². The summed E-state index contributed by atoms with van der Waals surface area (Å²) >= 11 is 0. The SMILES string of the molecule is CN1c2ccccc2C(=O)NC1c1cn[nH]c1-c1cccc(CC(=O)Cc2ccccc2)c1. The molecule has 0 spiro atoms. The summed E-state index contributed by atoms with van der Waals surface area (Å²) in [4.78, 5) is 27.4. The number of nitrogens with one attached hydrogen (secondary N) is 2. The third-order valence-corrected chi connectivity index (χ3v) is 6.01. The van der Waals surface area contributed by atoms with Gasteiger partial charge in [0, 0.05) is 31.0 Å². The highest BCUT2D eigenvalue weighted by atomic mass is 16.2. The number of para-hydroxylation sites is 1. The first-order valence-corrected chi connectivity index (χ1v) is 10.9. The Morgan fingerprint density at radius 3 is 2.52 bits per heavy atom. The number of hydrogen-bond donors (Lipinski definition) is 2. The minimum Gasteiger partial charge on any atom is -0.350 e. The summed E-state index contributed by atoms with van der Waals surface area (Å²) in [6.07, 6.45) is 2.17. The zero-order chi connectivity index (χ0) is 22.8. The van der Waals surface area contributed by atoms with Crippen molar-refractivity contribution in [1.82, 2.24) is 15.5 Å². The average molecular weight is 437 g/mol. The highest BCUT2D eigenvalue weighted by Crippen LogP contribution is 2.35. The van der Waals surface area contributed by atoms with Gasteiger partial charge in [0.25, 0.3) is 5.91 Å². The van der Waals surface area contributed by atoms with Crippen LogP contribution < -0.4 is 10.2 Å². The van der Waals surface area contributed by atoms with Gasteiger partial charge in [0.2, 0.25) is 0 Å². The topological polar surface area (TPSA) is 78.1 Å². The van der Waals surface area contributed by atoms with E-state index in [1.807, 2.05) is 90.8 Å². The number of aromatic amines is 1. The van der Waals surface area contributed by atoms with Crippen LogP contribution in [0.15, 0.2) is 85.1 Å². The lowest BCUT2D eigenvalue weighted by atomic mass is 9.98. The van der Waals surface area contributed by atoms with Crippen LogP contribution in [0.3, 0.4) is 0 Å². The van der Waals surface area contributed by atoms with Crippen LogP contribution in [0.1, 0.15) is 33.2 Å². The van der Waals surface area contributed by atoms with Crippen molar-refractivity contribution in [1.29, 1.82) is 0 Å². The smallest absolute Gasteiger partial charge is 0.255 e. The molecule has 2 heterocycles. The van der Waals surface area contributed by atoms with Crippen molar-refractivity contribution in [3.8, 4) is 11.3 Å². The van der Waals surface area contributed by atoms with E-state index in [0.29, 0.717) is 18.4 Å². The van der Waals surface area contributed by atoms with Gasteiger partial charge in [-0.3, -0.25) is 14.7 Å². The summed E-state index contributed by atoms with van der Waals surface area (Å²) in [5, 5.41) is 10.4. The fourth-order valence-corrected chi connectivity index (χ4v) is 4.38. The molecule has 1 atom stereocenters. The molecule has 0 bridgehead atoms. The Balaban J connectivity index is 1.40. The molecule has 6 heteroatoms. The van der Waals surface area contributed by atoms with Crippen molar-refractivity contribution in [3.05, 3.63) is 107 Å². The van der Waals surface area contributed by atoms with E-state index in [0.717, 1.165) is 33.6 Å². The van der Waals surface area contributed by atoms with Gasteiger partial charge in [-0.05, 0) is 29.3 Å². The van der Waals surface area contributed by atoms with Crippen LogP contribution in [0.2, 0.25) is 0 Å². The van der Waals surface area contributed by atoms with Gasteiger partial charge in [-0.2, -0.15) is 5.10 Å². The number of aromatic nitrogens is 2. The van der Waals surface area contributed by atoms with Gasteiger partial charge in [0.05, 0.1) is 23.1 Å².